The standard InChI is InChI=1S/C9H13ClF3N/c10-5-1-2-6-14(8-3-4-8)7-9(11,12)13/h1-2,8H,3-7H2. The van der Waals surface area contributed by atoms with Crippen LogP contribution in [0.2, 0.25) is 0 Å². The largest absolute Gasteiger partial charge is 0.401 e. The van der Waals surface area contributed by atoms with Crippen molar-refractivity contribution in [1.82, 2.24) is 4.90 Å². The molecule has 0 heterocycles. The number of hydrogen-bond donors (Lipinski definition) is 0. The molecule has 1 rings (SSSR count). The minimum Gasteiger partial charge on any atom is -0.288 e. The van der Waals surface area contributed by atoms with Crippen LogP contribution in [0.15, 0.2) is 12.2 Å². The second kappa shape index (κ2) is 5.03. The van der Waals surface area contributed by atoms with Gasteiger partial charge in [-0.05, 0) is 12.8 Å². The first-order valence-electron chi connectivity index (χ1n) is 4.54. The number of nitrogens with zero attached hydrogens (tertiary/aromatic N) is 1. The van der Waals surface area contributed by atoms with Crippen LogP contribution in [-0.2, 0) is 0 Å². The molecule has 1 fully saturated rings. The molecule has 0 bridgehead atoms. The second-order valence-corrected chi connectivity index (χ2v) is 3.71. The van der Waals surface area contributed by atoms with Crippen molar-refractivity contribution in [2.75, 3.05) is 19.0 Å². The minimum atomic E-state index is -4.10. The van der Waals surface area contributed by atoms with E-state index in [0.717, 1.165) is 12.8 Å². The first-order chi connectivity index (χ1) is 6.53. The Morgan fingerprint density at radius 3 is 2.36 bits per heavy atom. The zero-order valence-corrected chi connectivity index (χ0v) is 8.48. The van der Waals surface area contributed by atoms with E-state index in [-0.39, 0.29) is 6.04 Å². The van der Waals surface area contributed by atoms with Crippen LogP contribution in [0, 0.1) is 0 Å². The Morgan fingerprint density at radius 1 is 1.29 bits per heavy atom. The average molecular weight is 228 g/mol. The Kier molecular flexibility index (Phi) is 4.26. The third-order valence-corrected chi connectivity index (χ3v) is 2.22. The average Bonchev–Trinajstić information content (AvgIpc) is 2.83. The molecule has 0 spiro atoms. The molecule has 1 saturated carbocycles. The third kappa shape index (κ3) is 4.86. The highest BCUT2D eigenvalue weighted by atomic mass is 35.5. The molecule has 1 aliphatic carbocycles. The van der Waals surface area contributed by atoms with Gasteiger partial charge in [-0.15, -0.1) is 11.6 Å². The summed E-state index contributed by atoms with van der Waals surface area (Å²) in [5, 5.41) is 0. The molecule has 0 amide bonds. The van der Waals surface area contributed by atoms with E-state index in [2.05, 4.69) is 0 Å². The summed E-state index contributed by atoms with van der Waals surface area (Å²) >= 11 is 5.39. The lowest BCUT2D eigenvalue weighted by atomic mass is 10.4. The summed E-state index contributed by atoms with van der Waals surface area (Å²) in [7, 11) is 0. The Morgan fingerprint density at radius 2 is 1.93 bits per heavy atom. The highest BCUT2D eigenvalue weighted by molar-refractivity contribution is 6.18. The van der Waals surface area contributed by atoms with Gasteiger partial charge in [0.1, 0.15) is 0 Å². The fourth-order valence-corrected chi connectivity index (χ4v) is 1.41. The summed E-state index contributed by atoms with van der Waals surface area (Å²) < 4.78 is 36.3. The van der Waals surface area contributed by atoms with Crippen LogP contribution in [0.4, 0.5) is 13.2 Å². The van der Waals surface area contributed by atoms with Crippen molar-refractivity contribution < 1.29 is 13.2 Å². The smallest absolute Gasteiger partial charge is 0.288 e. The van der Waals surface area contributed by atoms with E-state index in [1.807, 2.05) is 0 Å². The van der Waals surface area contributed by atoms with E-state index >= 15 is 0 Å². The molecule has 0 aromatic heterocycles. The number of allylic oxidation sites excluding steroid dienone is 1. The first kappa shape index (κ1) is 11.9. The molecule has 0 saturated heterocycles. The Bertz CT molecular complexity index is 199. The van der Waals surface area contributed by atoms with Gasteiger partial charge in [0.05, 0.1) is 6.54 Å². The van der Waals surface area contributed by atoms with Gasteiger partial charge in [0.15, 0.2) is 0 Å². The van der Waals surface area contributed by atoms with Crippen LogP contribution in [0.1, 0.15) is 12.8 Å². The first-order valence-corrected chi connectivity index (χ1v) is 5.08. The number of halogens is 4. The van der Waals surface area contributed by atoms with Crippen molar-refractivity contribution in [2.24, 2.45) is 0 Å². The lowest BCUT2D eigenvalue weighted by molar-refractivity contribution is -0.145. The van der Waals surface area contributed by atoms with Gasteiger partial charge in [0.25, 0.3) is 0 Å². The predicted octanol–water partition coefficient (Wildman–Crippen LogP) is 2.81. The van der Waals surface area contributed by atoms with Crippen molar-refractivity contribution in [1.29, 1.82) is 0 Å². The van der Waals surface area contributed by atoms with E-state index in [9.17, 15) is 13.2 Å². The quantitative estimate of drug-likeness (QED) is 0.516. The van der Waals surface area contributed by atoms with Gasteiger partial charge in [-0.2, -0.15) is 13.2 Å². The summed E-state index contributed by atoms with van der Waals surface area (Å²) in [5.41, 5.74) is 0. The summed E-state index contributed by atoms with van der Waals surface area (Å²) in [5.74, 6) is 0.352. The second-order valence-electron chi connectivity index (χ2n) is 3.40. The van der Waals surface area contributed by atoms with Crippen molar-refractivity contribution >= 4 is 11.6 Å². The van der Waals surface area contributed by atoms with Crippen molar-refractivity contribution in [3.05, 3.63) is 12.2 Å². The summed E-state index contributed by atoms with van der Waals surface area (Å²) in [6, 6.07) is 0.122. The molecular weight excluding hydrogens is 215 g/mol. The van der Waals surface area contributed by atoms with Gasteiger partial charge in [-0.1, -0.05) is 12.2 Å². The van der Waals surface area contributed by atoms with Crippen LogP contribution in [-0.4, -0.2) is 36.1 Å². The van der Waals surface area contributed by atoms with E-state index in [1.165, 1.54) is 4.90 Å². The van der Waals surface area contributed by atoms with E-state index in [4.69, 9.17) is 11.6 Å². The molecule has 1 nitrogen and oxygen atoms in total. The van der Waals surface area contributed by atoms with Crippen molar-refractivity contribution in [3.8, 4) is 0 Å². The molecule has 82 valence electrons. The Labute approximate surface area is 86.5 Å². The van der Waals surface area contributed by atoms with Crippen LogP contribution in [0.5, 0.6) is 0 Å². The molecule has 5 heteroatoms. The Hall–Kier alpha value is -0.220. The maximum Gasteiger partial charge on any atom is 0.401 e. The van der Waals surface area contributed by atoms with Gasteiger partial charge in [-0.25, -0.2) is 0 Å². The van der Waals surface area contributed by atoms with Gasteiger partial charge in [0, 0.05) is 18.5 Å². The summed E-state index contributed by atoms with van der Waals surface area (Å²) in [4.78, 5) is 1.45. The Balaban J connectivity index is 2.35. The summed E-state index contributed by atoms with van der Waals surface area (Å²) in [6.45, 7) is -0.471. The molecule has 0 atom stereocenters. The van der Waals surface area contributed by atoms with E-state index in [1.54, 1.807) is 12.2 Å². The zero-order chi connectivity index (χ0) is 10.6. The fraction of sp³-hybridized carbons (Fsp3) is 0.778. The van der Waals surface area contributed by atoms with Crippen molar-refractivity contribution in [2.45, 2.75) is 25.1 Å². The molecule has 0 aromatic carbocycles. The van der Waals surface area contributed by atoms with Gasteiger partial charge in [0.2, 0.25) is 0 Å². The molecule has 0 unspecified atom stereocenters. The van der Waals surface area contributed by atoms with Gasteiger partial charge in [-0.3, -0.25) is 4.90 Å². The van der Waals surface area contributed by atoms with E-state index < -0.39 is 12.7 Å². The van der Waals surface area contributed by atoms with E-state index in [0.29, 0.717) is 12.4 Å². The molecule has 0 aliphatic heterocycles. The lowest BCUT2D eigenvalue weighted by Gasteiger charge is -2.21. The highest BCUT2D eigenvalue weighted by Crippen LogP contribution is 2.29. The topological polar surface area (TPSA) is 3.24 Å². The molecule has 1 aliphatic rings. The third-order valence-electron chi connectivity index (χ3n) is 2.04. The van der Waals surface area contributed by atoms with Gasteiger partial charge < -0.3 is 0 Å². The number of rotatable bonds is 5. The number of hydrogen-bond acceptors (Lipinski definition) is 1. The van der Waals surface area contributed by atoms with Crippen LogP contribution < -0.4 is 0 Å². The lowest BCUT2D eigenvalue weighted by Crippen LogP contribution is -2.36. The molecule has 0 radical (unpaired) electrons. The predicted molar refractivity (Wildman–Crippen MR) is 50.5 cm³/mol. The molecular formula is C9H13ClF3N. The highest BCUT2D eigenvalue weighted by Gasteiger charge is 2.37. The zero-order valence-electron chi connectivity index (χ0n) is 7.73. The van der Waals surface area contributed by atoms with Gasteiger partial charge >= 0.3 is 6.18 Å². The van der Waals surface area contributed by atoms with Crippen LogP contribution in [0.25, 0.3) is 0 Å². The van der Waals surface area contributed by atoms with Crippen LogP contribution >= 0.6 is 11.6 Å². The minimum absolute atomic E-state index is 0.122. The summed E-state index contributed by atoms with van der Waals surface area (Å²) in [6.07, 6.45) is 1.03. The number of alkyl halides is 4. The fourth-order valence-electron chi connectivity index (χ4n) is 1.29. The monoisotopic (exact) mass is 227 g/mol. The maximum atomic E-state index is 12.1. The normalized spacial score (nSPS) is 18.4. The molecule has 14 heavy (non-hydrogen) atoms. The van der Waals surface area contributed by atoms with Crippen LogP contribution in [0.3, 0.4) is 0 Å². The molecule has 0 N–H and O–H groups in total. The van der Waals surface area contributed by atoms with Crippen molar-refractivity contribution in [3.63, 3.8) is 0 Å². The SMILES string of the molecule is FC(F)(F)CN(CC=CCCl)C1CC1. The maximum absolute atomic E-state index is 12.1. The molecule has 0 aromatic rings.